The van der Waals surface area contributed by atoms with Crippen LogP contribution in [0.25, 0.3) is 0 Å². The van der Waals surface area contributed by atoms with E-state index in [2.05, 4.69) is 33.3 Å². The van der Waals surface area contributed by atoms with Gasteiger partial charge in [-0.05, 0) is 47.0 Å². The highest BCUT2D eigenvalue weighted by molar-refractivity contribution is 9.10. The molecule has 0 spiro atoms. The number of nitrogens with one attached hydrogen (secondary N) is 1. The Morgan fingerprint density at radius 1 is 1.47 bits per heavy atom. The second kappa shape index (κ2) is 6.37. The zero-order valence-electron chi connectivity index (χ0n) is 12.1. The molecule has 0 saturated heterocycles. The molecule has 1 aromatic rings. The third-order valence-electron chi connectivity index (χ3n) is 4.09. The standard InChI is InChI=1S/C14H24BrN3O/c1-4-11-13(15)12(18(2)17-11)9-16-10-14(5-6-14)7-8-19-3/h16H,4-10H2,1-3H3. The highest BCUT2D eigenvalue weighted by Gasteiger charge is 2.41. The summed E-state index contributed by atoms with van der Waals surface area (Å²) in [7, 11) is 3.79. The first-order valence-corrected chi connectivity index (χ1v) is 7.81. The van der Waals surface area contributed by atoms with Crippen molar-refractivity contribution in [1.82, 2.24) is 15.1 Å². The van der Waals surface area contributed by atoms with Crippen LogP contribution in [-0.2, 0) is 24.8 Å². The quantitative estimate of drug-likeness (QED) is 0.796. The maximum absolute atomic E-state index is 5.19. The van der Waals surface area contributed by atoms with Crippen LogP contribution in [0.4, 0.5) is 0 Å². The first kappa shape index (κ1) is 15.0. The fourth-order valence-electron chi connectivity index (χ4n) is 2.47. The van der Waals surface area contributed by atoms with Crippen molar-refractivity contribution >= 4 is 15.9 Å². The minimum absolute atomic E-state index is 0.495. The second-order valence-corrected chi connectivity index (χ2v) is 6.32. The molecule has 0 amide bonds. The average molecular weight is 330 g/mol. The van der Waals surface area contributed by atoms with Gasteiger partial charge in [-0.2, -0.15) is 5.10 Å². The molecule has 0 atom stereocenters. The highest BCUT2D eigenvalue weighted by atomic mass is 79.9. The van der Waals surface area contributed by atoms with Crippen LogP contribution >= 0.6 is 15.9 Å². The van der Waals surface area contributed by atoms with Gasteiger partial charge in [0.05, 0.1) is 15.9 Å². The smallest absolute Gasteiger partial charge is 0.0767 e. The molecule has 1 aliphatic rings. The van der Waals surface area contributed by atoms with Gasteiger partial charge in [0, 0.05) is 33.9 Å². The molecular formula is C14H24BrN3O. The van der Waals surface area contributed by atoms with E-state index in [4.69, 9.17) is 4.74 Å². The third kappa shape index (κ3) is 3.58. The fraction of sp³-hybridized carbons (Fsp3) is 0.786. The highest BCUT2D eigenvalue weighted by Crippen LogP contribution is 2.48. The van der Waals surface area contributed by atoms with E-state index in [9.17, 15) is 0 Å². The third-order valence-corrected chi connectivity index (χ3v) is 5.00. The van der Waals surface area contributed by atoms with E-state index < -0.39 is 0 Å². The van der Waals surface area contributed by atoms with Gasteiger partial charge < -0.3 is 10.1 Å². The topological polar surface area (TPSA) is 39.1 Å². The van der Waals surface area contributed by atoms with Crippen LogP contribution in [0, 0.1) is 5.41 Å². The fourth-order valence-corrected chi connectivity index (χ4v) is 3.22. The van der Waals surface area contributed by atoms with E-state index in [1.807, 2.05) is 11.7 Å². The normalized spacial score (nSPS) is 16.8. The van der Waals surface area contributed by atoms with E-state index in [1.165, 1.54) is 25.0 Å². The number of ether oxygens (including phenoxy) is 1. The zero-order valence-corrected chi connectivity index (χ0v) is 13.7. The molecular weight excluding hydrogens is 306 g/mol. The lowest BCUT2D eigenvalue weighted by Gasteiger charge is -2.15. The van der Waals surface area contributed by atoms with Gasteiger partial charge in [0.1, 0.15) is 0 Å². The van der Waals surface area contributed by atoms with Crippen LogP contribution in [0.15, 0.2) is 4.47 Å². The van der Waals surface area contributed by atoms with Crippen molar-refractivity contribution in [3.63, 3.8) is 0 Å². The molecule has 5 heteroatoms. The first-order chi connectivity index (χ1) is 9.12. The van der Waals surface area contributed by atoms with Crippen molar-refractivity contribution in [2.75, 3.05) is 20.3 Å². The van der Waals surface area contributed by atoms with E-state index >= 15 is 0 Å². The Bertz CT molecular complexity index is 427. The molecule has 1 saturated carbocycles. The van der Waals surface area contributed by atoms with Crippen molar-refractivity contribution in [1.29, 1.82) is 0 Å². The summed E-state index contributed by atoms with van der Waals surface area (Å²) in [5, 5.41) is 8.10. The average Bonchev–Trinajstić information content (AvgIpc) is 3.12. The number of nitrogens with zero attached hydrogens (tertiary/aromatic N) is 2. The summed E-state index contributed by atoms with van der Waals surface area (Å²) in [6, 6.07) is 0. The van der Waals surface area contributed by atoms with E-state index in [-0.39, 0.29) is 0 Å². The van der Waals surface area contributed by atoms with Crippen LogP contribution in [-0.4, -0.2) is 30.0 Å². The van der Waals surface area contributed by atoms with Crippen molar-refractivity contribution in [3.8, 4) is 0 Å². The Balaban J connectivity index is 1.84. The monoisotopic (exact) mass is 329 g/mol. The Morgan fingerprint density at radius 3 is 2.74 bits per heavy atom. The Hall–Kier alpha value is -0.390. The first-order valence-electron chi connectivity index (χ1n) is 7.02. The lowest BCUT2D eigenvalue weighted by molar-refractivity contribution is 0.171. The molecule has 1 heterocycles. The summed E-state index contributed by atoms with van der Waals surface area (Å²) in [6.45, 7) is 4.96. The largest absolute Gasteiger partial charge is 0.385 e. The van der Waals surface area contributed by atoms with Gasteiger partial charge in [-0.25, -0.2) is 0 Å². The van der Waals surface area contributed by atoms with Crippen LogP contribution < -0.4 is 5.32 Å². The van der Waals surface area contributed by atoms with Gasteiger partial charge in [-0.15, -0.1) is 0 Å². The molecule has 2 rings (SSSR count). The molecule has 0 aliphatic heterocycles. The summed E-state index contributed by atoms with van der Waals surface area (Å²) in [5.41, 5.74) is 2.87. The summed E-state index contributed by atoms with van der Waals surface area (Å²) in [5.74, 6) is 0. The summed E-state index contributed by atoms with van der Waals surface area (Å²) >= 11 is 3.66. The van der Waals surface area contributed by atoms with Gasteiger partial charge in [-0.3, -0.25) is 4.68 Å². The van der Waals surface area contributed by atoms with Gasteiger partial charge >= 0.3 is 0 Å². The van der Waals surface area contributed by atoms with E-state index in [0.717, 1.165) is 36.3 Å². The SMILES string of the molecule is CCc1nn(C)c(CNCC2(CCOC)CC2)c1Br. The Morgan fingerprint density at radius 2 is 2.21 bits per heavy atom. The zero-order chi connectivity index (χ0) is 13.9. The summed E-state index contributed by atoms with van der Waals surface area (Å²) in [6.07, 6.45) is 4.79. The molecule has 1 fully saturated rings. The van der Waals surface area contributed by atoms with Crippen molar-refractivity contribution in [2.45, 2.75) is 39.2 Å². The number of aryl methyl sites for hydroxylation is 2. The second-order valence-electron chi connectivity index (χ2n) is 5.53. The van der Waals surface area contributed by atoms with Crippen LogP contribution in [0.2, 0.25) is 0 Å². The number of methoxy groups -OCH3 is 1. The van der Waals surface area contributed by atoms with Gasteiger partial charge in [0.2, 0.25) is 0 Å². The lowest BCUT2D eigenvalue weighted by Crippen LogP contribution is -2.25. The van der Waals surface area contributed by atoms with Crippen molar-refractivity contribution in [2.24, 2.45) is 12.5 Å². The molecule has 0 radical (unpaired) electrons. The Kier molecular flexibility index (Phi) is 5.03. The van der Waals surface area contributed by atoms with Crippen molar-refractivity contribution < 1.29 is 4.74 Å². The Labute approximate surface area is 124 Å². The predicted octanol–water partition coefficient (Wildman–Crippen LogP) is 2.65. The van der Waals surface area contributed by atoms with E-state index in [0.29, 0.717) is 5.41 Å². The molecule has 0 bridgehead atoms. The van der Waals surface area contributed by atoms with Crippen molar-refractivity contribution in [3.05, 3.63) is 15.9 Å². The summed E-state index contributed by atoms with van der Waals surface area (Å²) < 4.78 is 8.32. The molecule has 0 aromatic carbocycles. The summed E-state index contributed by atoms with van der Waals surface area (Å²) in [4.78, 5) is 0. The van der Waals surface area contributed by atoms with Crippen LogP contribution in [0.5, 0.6) is 0 Å². The molecule has 19 heavy (non-hydrogen) atoms. The maximum Gasteiger partial charge on any atom is 0.0767 e. The molecule has 1 aromatic heterocycles. The molecule has 1 N–H and O–H groups in total. The molecule has 0 unspecified atom stereocenters. The molecule has 1 aliphatic carbocycles. The van der Waals surface area contributed by atoms with Gasteiger partial charge in [0.15, 0.2) is 0 Å². The van der Waals surface area contributed by atoms with Crippen LogP contribution in [0.3, 0.4) is 0 Å². The minimum Gasteiger partial charge on any atom is -0.385 e. The molecule has 4 nitrogen and oxygen atoms in total. The molecule has 108 valence electrons. The minimum atomic E-state index is 0.495. The van der Waals surface area contributed by atoms with Gasteiger partial charge in [-0.1, -0.05) is 6.92 Å². The predicted molar refractivity (Wildman–Crippen MR) is 80.2 cm³/mol. The number of aromatic nitrogens is 2. The van der Waals surface area contributed by atoms with E-state index in [1.54, 1.807) is 7.11 Å². The number of halogens is 1. The van der Waals surface area contributed by atoms with Gasteiger partial charge in [0.25, 0.3) is 0 Å². The number of hydrogen-bond acceptors (Lipinski definition) is 3. The lowest BCUT2D eigenvalue weighted by atomic mass is 10.0. The maximum atomic E-state index is 5.19. The number of rotatable bonds is 8. The van der Waals surface area contributed by atoms with Crippen LogP contribution in [0.1, 0.15) is 37.6 Å². The number of hydrogen-bond donors (Lipinski definition) is 1.